The van der Waals surface area contributed by atoms with Gasteiger partial charge in [-0.2, -0.15) is 0 Å². The summed E-state index contributed by atoms with van der Waals surface area (Å²) in [5, 5.41) is 6.56. The van der Waals surface area contributed by atoms with E-state index >= 15 is 0 Å². The number of hydrogen-bond acceptors (Lipinski definition) is 3. The molecule has 0 radical (unpaired) electrons. The van der Waals surface area contributed by atoms with Gasteiger partial charge in [-0.15, -0.1) is 0 Å². The van der Waals surface area contributed by atoms with Crippen molar-refractivity contribution in [2.45, 2.75) is 0 Å². The minimum atomic E-state index is 0.816. The second-order valence-electron chi connectivity index (χ2n) is 14.1. The van der Waals surface area contributed by atoms with Gasteiger partial charge in [0.05, 0.1) is 5.69 Å². The van der Waals surface area contributed by atoms with Crippen LogP contribution < -0.4 is 4.90 Å². The van der Waals surface area contributed by atoms with E-state index in [0.29, 0.717) is 0 Å². The van der Waals surface area contributed by atoms with Crippen LogP contribution in [-0.2, 0) is 0 Å². The highest BCUT2D eigenvalue weighted by atomic mass is 16.3. The topological polar surface area (TPSA) is 29.5 Å². The molecule has 55 heavy (non-hydrogen) atoms. The molecule has 0 saturated carbocycles. The Morgan fingerprint density at radius 2 is 0.891 bits per heavy atom. The van der Waals surface area contributed by atoms with Gasteiger partial charge in [0.2, 0.25) is 0 Å². The van der Waals surface area contributed by atoms with Crippen molar-refractivity contribution in [1.82, 2.24) is 0 Å². The molecule has 0 aliphatic heterocycles. The van der Waals surface area contributed by atoms with E-state index in [1.54, 1.807) is 0 Å². The maximum atomic E-state index is 7.23. The van der Waals surface area contributed by atoms with Gasteiger partial charge in [0.15, 0.2) is 5.58 Å². The molecule has 0 N–H and O–H groups in total. The molecule has 0 saturated heterocycles. The molecule has 11 rings (SSSR count). The molecule has 258 valence electrons. The van der Waals surface area contributed by atoms with Crippen LogP contribution in [0.3, 0.4) is 0 Å². The number of furan rings is 2. The molecular formula is C52H33NO2. The van der Waals surface area contributed by atoms with Crippen molar-refractivity contribution in [3.63, 3.8) is 0 Å². The van der Waals surface area contributed by atoms with Gasteiger partial charge in [-0.1, -0.05) is 152 Å². The summed E-state index contributed by atoms with van der Waals surface area (Å²) in [7, 11) is 0. The summed E-state index contributed by atoms with van der Waals surface area (Å²) in [5.41, 5.74) is 13.2. The van der Waals surface area contributed by atoms with Crippen LogP contribution in [-0.4, -0.2) is 0 Å². The summed E-state index contributed by atoms with van der Waals surface area (Å²) < 4.78 is 13.8. The lowest BCUT2D eigenvalue weighted by molar-refractivity contribution is 0.665. The molecule has 0 aliphatic carbocycles. The maximum Gasteiger partial charge on any atom is 0.159 e. The minimum Gasteiger partial charge on any atom is -0.456 e. The quantitative estimate of drug-likeness (QED) is 0.173. The fourth-order valence-corrected chi connectivity index (χ4v) is 8.21. The predicted molar refractivity (Wildman–Crippen MR) is 229 cm³/mol. The fraction of sp³-hybridized carbons (Fsp3) is 0. The van der Waals surface area contributed by atoms with Crippen LogP contribution in [0.25, 0.3) is 88.0 Å². The van der Waals surface area contributed by atoms with Crippen molar-refractivity contribution in [2.24, 2.45) is 0 Å². The highest BCUT2D eigenvalue weighted by Crippen LogP contribution is 2.48. The monoisotopic (exact) mass is 703 g/mol. The molecule has 3 heteroatoms. The first-order valence-corrected chi connectivity index (χ1v) is 18.7. The first-order chi connectivity index (χ1) is 27.3. The predicted octanol–water partition coefficient (Wildman–Crippen LogP) is 15.1. The zero-order valence-corrected chi connectivity index (χ0v) is 29.8. The van der Waals surface area contributed by atoms with E-state index < -0.39 is 0 Å². The van der Waals surface area contributed by atoms with Gasteiger partial charge in [0, 0.05) is 38.5 Å². The van der Waals surface area contributed by atoms with E-state index in [9.17, 15) is 0 Å². The van der Waals surface area contributed by atoms with Gasteiger partial charge >= 0.3 is 0 Å². The normalized spacial score (nSPS) is 11.6. The van der Waals surface area contributed by atoms with Gasteiger partial charge < -0.3 is 13.7 Å². The molecule has 0 aliphatic rings. The van der Waals surface area contributed by atoms with Gasteiger partial charge in [0.25, 0.3) is 0 Å². The molecular weight excluding hydrogens is 671 g/mol. The van der Waals surface area contributed by atoms with E-state index in [-0.39, 0.29) is 0 Å². The third-order valence-electron chi connectivity index (χ3n) is 10.9. The molecule has 2 heterocycles. The van der Waals surface area contributed by atoms with E-state index in [1.165, 1.54) is 33.0 Å². The number of hydrogen-bond donors (Lipinski definition) is 0. The van der Waals surface area contributed by atoms with Crippen LogP contribution in [0.5, 0.6) is 0 Å². The standard InChI is InChI=1S/C52H33NO2/c1-3-12-34(13-4-1)37-24-28-41(29-25-37)53(42-30-26-38(27-31-42)35-14-5-2-6-15-35)46-20-11-19-43-45-33-48-50(44-18-9-10-21-47(44)54-48)49(52(45)55-51(43)46)40-23-22-36-16-7-8-17-39(36)32-40/h1-33H. The van der Waals surface area contributed by atoms with Crippen LogP contribution in [0.2, 0.25) is 0 Å². The second-order valence-corrected chi connectivity index (χ2v) is 14.1. The number of rotatable bonds is 6. The molecule has 0 fully saturated rings. The number of fused-ring (bicyclic) bond motifs is 7. The van der Waals surface area contributed by atoms with Gasteiger partial charge in [-0.3, -0.25) is 0 Å². The van der Waals surface area contributed by atoms with Crippen molar-refractivity contribution < 1.29 is 8.83 Å². The Kier molecular flexibility index (Phi) is 7.17. The van der Waals surface area contributed by atoms with Gasteiger partial charge in [0.1, 0.15) is 16.7 Å². The lowest BCUT2D eigenvalue weighted by Crippen LogP contribution is -2.10. The summed E-state index contributed by atoms with van der Waals surface area (Å²) in [6.45, 7) is 0. The van der Waals surface area contributed by atoms with E-state index in [0.717, 1.165) is 72.1 Å². The Morgan fingerprint density at radius 1 is 0.327 bits per heavy atom. The van der Waals surface area contributed by atoms with E-state index in [1.807, 2.05) is 12.1 Å². The largest absolute Gasteiger partial charge is 0.456 e. The summed E-state index contributed by atoms with van der Waals surface area (Å²) in [6.07, 6.45) is 0. The van der Waals surface area contributed by atoms with E-state index in [2.05, 4.69) is 193 Å². The zero-order valence-electron chi connectivity index (χ0n) is 29.8. The SMILES string of the molecule is c1ccc(-c2ccc(N(c3ccc(-c4ccccc4)cc3)c3cccc4c3oc3c(-c5ccc6ccccc6c5)c5c(cc34)oc3ccccc35)cc2)cc1. The third kappa shape index (κ3) is 5.20. The third-order valence-corrected chi connectivity index (χ3v) is 10.9. The summed E-state index contributed by atoms with van der Waals surface area (Å²) in [4.78, 5) is 2.31. The number of benzene rings is 9. The average Bonchev–Trinajstić information content (AvgIpc) is 3.82. The van der Waals surface area contributed by atoms with Crippen LogP contribution in [0.1, 0.15) is 0 Å². The molecule has 0 spiro atoms. The highest BCUT2D eigenvalue weighted by molar-refractivity contribution is 6.24. The van der Waals surface area contributed by atoms with E-state index in [4.69, 9.17) is 8.83 Å². The van der Waals surface area contributed by atoms with Gasteiger partial charge in [-0.25, -0.2) is 0 Å². The Morgan fingerprint density at radius 3 is 1.58 bits per heavy atom. The lowest BCUT2D eigenvalue weighted by Gasteiger charge is -2.26. The van der Waals surface area contributed by atoms with Crippen molar-refractivity contribution >= 4 is 71.7 Å². The van der Waals surface area contributed by atoms with Crippen LogP contribution in [0.15, 0.2) is 209 Å². The molecule has 0 atom stereocenters. The first-order valence-electron chi connectivity index (χ1n) is 18.7. The molecule has 11 aromatic rings. The molecule has 0 amide bonds. The summed E-state index contributed by atoms with van der Waals surface area (Å²) >= 11 is 0. The lowest BCUT2D eigenvalue weighted by atomic mass is 9.95. The molecule has 9 aromatic carbocycles. The van der Waals surface area contributed by atoms with Crippen molar-refractivity contribution in [3.8, 4) is 33.4 Å². The Bertz CT molecular complexity index is 3090. The molecule has 3 nitrogen and oxygen atoms in total. The van der Waals surface area contributed by atoms with Crippen molar-refractivity contribution in [1.29, 1.82) is 0 Å². The molecule has 0 unspecified atom stereocenters. The summed E-state index contributed by atoms with van der Waals surface area (Å²) in [5.74, 6) is 0. The number of para-hydroxylation sites is 2. The van der Waals surface area contributed by atoms with Crippen LogP contribution >= 0.6 is 0 Å². The average molecular weight is 704 g/mol. The van der Waals surface area contributed by atoms with Crippen molar-refractivity contribution in [2.75, 3.05) is 4.90 Å². The van der Waals surface area contributed by atoms with Gasteiger partial charge in [-0.05, 0) is 87.1 Å². The summed E-state index contributed by atoms with van der Waals surface area (Å²) in [6, 6.07) is 70.7. The highest BCUT2D eigenvalue weighted by Gasteiger charge is 2.24. The van der Waals surface area contributed by atoms with Crippen molar-refractivity contribution in [3.05, 3.63) is 200 Å². The maximum absolute atomic E-state index is 7.23. The minimum absolute atomic E-state index is 0.816. The van der Waals surface area contributed by atoms with Crippen LogP contribution in [0, 0.1) is 0 Å². The molecule has 0 bridgehead atoms. The Labute approximate surface area is 317 Å². The first kappa shape index (κ1) is 31.2. The fourth-order valence-electron chi connectivity index (χ4n) is 8.21. The molecule has 2 aromatic heterocycles. The smallest absolute Gasteiger partial charge is 0.159 e. The Balaban J connectivity index is 1.16. The van der Waals surface area contributed by atoms with Crippen LogP contribution in [0.4, 0.5) is 17.1 Å². The number of anilines is 3. The zero-order chi connectivity index (χ0) is 36.3. The Hall–Kier alpha value is -7.36. The number of nitrogens with zero attached hydrogens (tertiary/aromatic N) is 1. The second kappa shape index (κ2) is 12.6.